The molecular weight excluding hydrogens is 494 g/mol. The van der Waals surface area contributed by atoms with E-state index >= 15 is 0 Å². The van der Waals surface area contributed by atoms with Crippen molar-refractivity contribution in [3.8, 4) is 22.9 Å². The summed E-state index contributed by atoms with van der Waals surface area (Å²) in [6.45, 7) is 3.59. The molecule has 1 aliphatic carbocycles. The molecule has 2 atom stereocenters. The number of halogens is 1. The molecule has 0 radical (unpaired) electrons. The van der Waals surface area contributed by atoms with Crippen molar-refractivity contribution in [1.29, 1.82) is 0 Å². The summed E-state index contributed by atoms with van der Waals surface area (Å²) in [4.78, 5) is 38.0. The van der Waals surface area contributed by atoms with Gasteiger partial charge in [0.05, 0.1) is 48.9 Å². The molecule has 37 heavy (non-hydrogen) atoms. The van der Waals surface area contributed by atoms with Gasteiger partial charge in [-0.3, -0.25) is 9.59 Å². The van der Waals surface area contributed by atoms with Crippen molar-refractivity contribution in [2.24, 2.45) is 11.8 Å². The third-order valence-corrected chi connectivity index (χ3v) is 7.18. The lowest BCUT2D eigenvalue weighted by molar-refractivity contribution is -0.145. The average molecular weight is 524 g/mol. The van der Waals surface area contributed by atoms with Gasteiger partial charge in [0.15, 0.2) is 5.78 Å². The van der Waals surface area contributed by atoms with Crippen molar-refractivity contribution in [2.75, 3.05) is 14.2 Å². The van der Waals surface area contributed by atoms with E-state index in [1.807, 2.05) is 19.1 Å². The molecule has 0 unspecified atom stereocenters. The first-order valence-electron chi connectivity index (χ1n) is 12.2. The Morgan fingerprint density at radius 2 is 1.92 bits per heavy atom. The second-order valence-electron chi connectivity index (χ2n) is 9.38. The molecule has 0 bridgehead atoms. The van der Waals surface area contributed by atoms with E-state index in [0.717, 1.165) is 18.4 Å². The van der Waals surface area contributed by atoms with E-state index < -0.39 is 0 Å². The van der Waals surface area contributed by atoms with Gasteiger partial charge in [-0.1, -0.05) is 30.7 Å². The zero-order valence-electron chi connectivity index (χ0n) is 21.3. The van der Waals surface area contributed by atoms with Gasteiger partial charge in [-0.05, 0) is 55.2 Å². The summed E-state index contributed by atoms with van der Waals surface area (Å²) < 4.78 is 10.1. The zero-order chi connectivity index (χ0) is 26.7. The van der Waals surface area contributed by atoms with Crippen LogP contribution in [-0.4, -0.2) is 46.0 Å². The highest BCUT2D eigenvalue weighted by Crippen LogP contribution is 2.47. The van der Waals surface area contributed by atoms with E-state index in [9.17, 15) is 14.7 Å². The van der Waals surface area contributed by atoms with E-state index in [2.05, 4.69) is 15.0 Å². The van der Waals surface area contributed by atoms with Crippen LogP contribution in [0.25, 0.3) is 11.3 Å². The molecule has 8 nitrogen and oxygen atoms in total. The largest absolute Gasteiger partial charge is 0.508 e. The van der Waals surface area contributed by atoms with Gasteiger partial charge in [0.25, 0.3) is 0 Å². The van der Waals surface area contributed by atoms with Crippen LogP contribution in [0.15, 0.2) is 36.7 Å². The van der Waals surface area contributed by atoms with Gasteiger partial charge in [-0.2, -0.15) is 0 Å². The fourth-order valence-corrected chi connectivity index (χ4v) is 4.94. The first kappa shape index (κ1) is 26.5. The predicted octanol–water partition coefficient (Wildman–Crippen LogP) is 5.33. The van der Waals surface area contributed by atoms with Gasteiger partial charge in [0.2, 0.25) is 5.88 Å². The zero-order valence-corrected chi connectivity index (χ0v) is 22.1. The van der Waals surface area contributed by atoms with Gasteiger partial charge < -0.3 is 14.6 Å². The summed E-state index contributed by atoms with van der Waals surface area (Å²) in [6, 6.07) is 7.15. The number of rotatable bonds is 10. The molecule has 0 saturated heterocycles. The Labute approximate surface area is 221 Å². The van der Waals surface area contributed by atoms with Crippen LogP contribution in [0.1, 0.15) is 59.4 Å². The van der Waals surface area contributed by atoms with E-state index in [1.165, 1.54) is 26.6 Å². The summed E-state index contributed by atoms with van der Waals surface area (Å²) in [5.41, 5.74) is 3.46. The Bertz CT molecular complexity index is 1330. The molecule has 0 amide bonds. The van der Waals surface area contributed by atoms with Crippen LogP contribution in [0.4, 0.5) is 0 Å². The molecule has 1 N–H and O–H groups in total. The number of aryl methyl sites for hydroxylation is 2. The average Bonchev–Trinajstić information content (AvgIpc) is 3.73. The summed E-state index contributed by atoms with van der Waals surface area (Å²) in [5.74, 6) is 0.206. The van der Waals surface area contributed by atoms with Gasteiger partial charge in [-0.25, -0.2) is 15.0 Å². The molecule has 1 aromatic carbocycles. The number of phenolic OH excluding ortho intramolecular Hbond substituents is 1. The van der Waals surface area contributed by atoms with E-state index in [-0.39, 0.29) is 41.5 Å². The van der Waals surface area contributed by atoms with Crippen LogP contribution in [0.2, 0.25) is 5.02 Å². The number of pyridine rings is 1. The van der Waals surface area contributed by atoms with Crippen molar-refractivity contribution in [3.05, 3.63) is 64.2 Å². The number of benzene rings is 1. The van der Waals surface area contributed by atoms with Crippen molar-refractivity contribution in [3.63, 3.8) is 0 Å². The molecule has 1 aliphatic rings. The number of aromatic nitrogens is 3. The fraction of sp³-hybridized carbons (Fsp3) is 0.393. The molecule has 2 heterocycles. The van der Waals surface area contributed by atoms with Crippen molar-refractivity contribution >= 4 is 23.4 Å². The van der Waals surface area contributed by atoms with Crippen molar-refractivity contribution < 1.29 is 24.2 Å². The lowest BCUT2D eigenvalue weighted by Gasteiger charge is -2.23. The lowest BCUT2D eigenvalue weighted by Crippen LogP contribution is -2.22. The van der Waals surface area contributed by atoms with Gasteiger partial charge in [0.1, 0.15) is 11.4 Å². The van der Waals surface area contributed by atoms with Crippen LogP contribution >= 0.6 is 11.6 Å². The number of hydrogen-bond donors (Lipinski definition) is 1. The van der Waals surface area contributed by atoms with Crippen LogP contribution in [0, 0.1) is 18.8 Å². The molecule has 0 aliphatic heterocycles. The third-order valence-electron chi connectivity index (χ3n) is 6.88. The molecule has 3 aromatic rings. The number of aromatic hydroxyl groups is 1. The molecule has 194 valence electrons. The van der Waals surface area contributed by atoms with Crippen LogP contribution in [0.5, 0.6) is 11.6 Å². The molecule has 0 spiro atoms. The van der Waals surface area contributed by atoms with E-state index in [4.69, 9.17) is 21.1 Å². The number of hydrogen-bond acceptors (Lipinski definition) is 8. The van der Waals surface area contributed by atoms with Gasteiger partial charge >= 0.3 is 5.97 Å². The Kier molecular flexibility index (Phi) is 8.07. The molecule has 1 fully saturated rings. The minimum Gasteiger partial charge on any atom is -0.508 e. The number of methoxy groups -OCH3 is 2. The number of ether oxygens (including phenoxy) is 2. The van der Waals surface area contributed by atoms with E-state index in [0.29, 0.717) is 45.8 Å². The number of carbonyl (C=O) groups excluding carboxylic acids is 2. The minimum atomic E-state index is -0.294. The number of Topliss-reactive ketones (excluding diaryl/α,β-unsaturated/α-hetero) is 1. The third kappa shape index (κ3) is 5.91. The Balaban J connectivity index is 1.46. The van der Waals surface area contributed by atoms with Gasteiger partial charge in [-0.15, -0.1) is 0 Å². The Morgan fingerprint density at radius 1 is 1.16 bits per heavy atom. The smallest absolute Gasteiger partial charge is 0.309 e. The fourth-order valence-electron chi connectivity index (χ4n) is 4.74. The monoisotopic (exact) mass is 523 g/mol. The van der Waals surface area contributed by atoms with Crippen LogP contribution in [0.3, 0.4) is 0 Å². The number of ketones is 1. The molecule has 9 heteroatoms. The maximum atomic E-state index is 12.9. The topological polar surface area (TPSA) is 112 Å². The molecular formula is C28H30ClN3O5. The maximum absolute atomic E-state index is 12.9. The highest BCUT2D eigenvalue weighted by molar-refractivity contribution is 6.33. The first-order chi connectivity index (χ1) is 17.7. The van der Waals surface area contributed by atoms with E-state index in [1.54, 1.807) is 19.1 Å². The van der Waals surface area contributed by atoms with Gasteiger partial charge in [0, 0.05) is 18.1 Å². The normalized spacial score (nSPS) is 14.6. The summed E-state index contributed by atoms with van der Waals surface area (Å²) in [7, 11) is 2.91. The Hall–Kier alpha value is -3.52. The summed E-state index contributed by atoms with van der Waals surface area (Å²) in [5, 5.41) is 11.1. The Morgan fingerprint density at radius 3 is 2.54 bits per heavy atom. The molecule has 4 rings (SSSR count). The highest BCUT2D eigenvalue weighted by Gasteiger charge is 2.39. The SMILES string of the molecule is COC(=O)[C@H](C)[C@H](c1ccc(CCC(=O)c2ncc(-c3cc(OC)ncc3Cl)nc2C)c(O)c1)C1CC1. The number of phenols is 1. The minimum absolute atomic E-state index is 0.000613. The number of nitrogens with zero attached hydrogens (tertiary/aromatic N) is 3. The molecule has 1 saturated carbocycles. The predicted molar refractivity (Wildman–Crippen MR) is 139 cm³/mol. The van der Waals surface area contributed by atoms with Crippen LogP contribution in [-0.2, 0) is 16.0 Å². The van der Waals surface area contributed by atoms with Crippen molar-refractivity contribution in [2.45, 2.75) is 45.4 Å². The maximum Gasteiger partial charge on any atom is 0.309 e. The highest BCUT2D eigenvalue weighted by atomic mass is 35.5. The summed E-state index contributed by atoms with van der Waals surface area (Å²) in [6.07, 6.45) is 5.62. The number of esters is 1. The standard InChI is InChI=1S/C28H30ClN3O5/c1-15(28(35)37-4)26(18-6-7-18)19-8-5-17(24(34)11-19)9-10-23(33)27-16(2)32-22(14-31-27)20-12-25(36-3)30-13-21(20)29/h5,8,11-15,18,26,34H,6-7,9-10H2,1-4H3/t15-,26+/m1/s1. The first-order valence-corrected chi connectivity index (χ1v) is 12.6. The van der Waals surface area contributed by atoms with Crippen molar-refractivity contribution in [1.82, 2.24) is 15.0 Å². The molecule has 2 aromatic heterocycles. The number of carbonyl (C=O) groups is 2. The lowest BCUT2D eigenvalue weighted by atomic mass is 9.82. The van der Waals surface area contributed by atoms with Crippen LogP contribution < -0.4 is 4.74 Å². The quantitative estimate of drug-likeness (QED) is 0.280. The second kappa shape index (κ2) is 11.3. The summed E-state index contributed by atoms with van der Waals surface area (Å²) >= 11 is 6.27. The second-order valence-corrected chi connectivity index (χ2v) is 9.79.